The molecule has 0 aliphatic heterocycles. The quantitative estimate of drug-likeness (QED) is 0.256. The predicted molar refractivity (Wildman–Crippen MR) is 109 cm³/mol. The van der Waals surface area contributed by atoms with Crippen LogP contribution in [0.4, 0.5) is 0 Å². The van der Waals surface area contributed by atoms with Gasteiger partial charge in [-0.1, -0.05) is 12.7 Å². The lowest BCUT2D eigenvalue weighted by Crippen LogP contribution is -2.56. The van der Waals surface area contributed by atoms with E-state index in [2.05, 4.69) is 6.58 Å². The van der Waals surface area contributed by atoms with E-state index >= 15 is 0 Å². The number of ether oxygens (including phenoxy) is 2. The Bertz CT molecular complexity index is 808. The summed E-state index contributed by atoms with van der Waals surface area (Å²) in [7, 11) is 0. The molecular formula is C22H30O9. The molecule has 2 aliphatic carbocycles. The number of allylic oxidation sites excluding steroid dienone is 1. The van der Waals surface area contributed by atoms with Crippen LogP contribution in [0.5, 0.6) is 0 Å². The number of aliphatic hydroxyl groups is 3. The van der Waals surface area contributed by atoms with Crippen molar-refractivity contribution in [3.8, 4) is 0 Å². The minimum atomic E-state index is -1.36. The standard InChI is InChI=1S/C22H30O9/c1-11-7-15-16(8-17(11)30-13(3)25)22(4,29)9-18(19(15)12(2)20(26)27)31-21(28)14(10-24)5-6-23/h5,7,15-19,23-24,29H,2,6,8-10H2,1,3-4H3,(H,26,27)/b14-5+/t15-,16-,17+,18+,19-,22+/m1/s1. The Kier molecular flexibility index (Phi) is 7.80. The van der Waals surface area contributed by atoms with Gasteiger partial charge in [0.1, 0.15) is 12.2 Å². The number of carbonyl (C=O) groups is 3. The van der Waals surface area contributed by atoms with Gasteiger partial charge < -0.3 is 29.9 Å². The Labute approximate surface area is 180 Å². The molecule has 0 heterocycles. The fraction of sp³-hybridized carbons (Fsp3) is 0.591. The zero-order chi connectivity index (χ0) is 23.5. The van der Waals surface area contributed by atoms with Crippen molar-refractivity contribution in [2.75, 3.05) is 13.2 Å². The molecule has 2 aliphatic rings. The molecular weight excluding hydrogens is 408 g/mol. The molecule has 172 valence electrons. The van der Waals surface area contributed by atoms with Gasteiger partial charge in [0.25, 0.3) is 0 Å². The lowest BCUT2D eigenvalue weighted by molar-refractivity contribution is -0.172. The Morgan fingerprint density at radius 2 is 1.94 bits per heavy atom. The Balaban J connectivity index is 2.47. The van der Waals surface area contributed by atoms with Gasteiger partial charge in [0.2, 0.25) is 0 Å². The van der Waals surface area contributed by atoms with Crippen LogP contribution in [0.25, 0.3) is 0 Å². The lowest BCUT2D eigenvalue weighted by atomic mass is 9.57. The third kappa shape index (κ3) is 5.41. The van der Waals surface area contributed by atoms with Crippen LogP contribution in [0.1, 0.15) is 33.6 Å². The summed E-state index contributed by atoms with van der Waals surface area (Å²) in [5, 5.41) is 39.2. The number of rotatable bonds is 7. The molecule has 6 atom stereocenters. The molecule has 1 fully saturated rings. The number of carboxylic acid groups (broad SMARTS) is 1. The van der Waals surface area contributed by atoms with Gasteiger partial charge in [-0.2, -0.15) is 0 Å². The molecule has 0 aromatic heterocycles. The summed E-state index contributed by atoms with van der Waals surface area (Å²) in [6, 6.07) is 0. The van der Waals surface area contributed by atoms with Gasteiger partial charge in [0.05, 0.1) is 24.4 Å². The van der Waals surface area contributed by atoms with Crippen LogP contribution in [0.15, 0.2) is 35.5 Å². The second-order valence-corrected chi connectivity index (χ2v) is 8.36. The highest BCUT2D eigenvalue weighted by molar-refractivity contribution is 5.89. The molecule has 2 rings (SSSR count). The number of esters is 2. The summed E-state index contributed by atoms with van der Waals surface area (Å²) in [4.78, 5) is 35.7. The molecule has 4 N–H and O–H groups in total. The highest BCUT2D eigenvalue weighted by Crippen LogP contribution is 2.51. The second kappa shape index (κ2) is 9.76. The van der Waals surface area contributed by atoms with Crippen molar-refractivity contribution in [2.24, 2.45) is 17.8 Å². The molecule has 0 spiro atoms. The smallest absolute Gasteiger partial charge is 0.336 e. The van der Waals surface area contributed by atoms with E-state index in [1.165, 1.54) is 6.92 Å². The number of fused-ring (bicyclic) bond motifs is 1. The molecule has 0 radical (unpaired) electrons. The Hall–Kier alpha value is -2.49. The van der Waals surface area contributed by atoms with Crippen molar-refractivity contribution in [2.45, 2.75) is 51.4 Å². The van der Waals surface area contributed by atoms with Crippen LogP contribution in [-0.4, -0.2) is 69.4 Å². The summed E-state index contributed by atoms with van der Waals surface area (Å²) < 4.78 is 10.9. The largest absolute Gasteiger partial charge is 0.478 e. The van der Waals surface area contributed by atoms with E-state index < -0.39 is 66.7 Å². The van der Waals surface area contributed by atoms with Crippen molar-refractivity contribution in [3.63, 3.8) is 0 Å². The molecule has 0 bridgehead atoms. The van der Waals surface area contributed by atoms with Crippen LogP contribution >= 0.6 is 0 Å². The molecule has 0 amide bonds. The molecule has 31 heavy (non-hydrogen) atoms. The van der Waals surface area contributed by atoms with Gasteiger partial charge in [-0.05, 0) is 43.8 Å². The number of carbonyl (C=O) groups excluding carboxylic acids is 2. The van der Waals surface area contributed by atoms with Gasteiger partial charge in [0.15, 0.2) is 0 Å². The van der Waals surface area contributed by atoms with Gasteiger partial charge in [-0.15, -0.1) is 0 Å². The van der Waals surface area contributed by atoms with Crippen molar-refractivity contribution in [1.29, 1.82) is 0 Å². The topological polar surface area (TPSA) is 151 Å². The summed E-state index contributed by atoms with van der Waals surface area (Å²) >= 11 is 0. The zero-order valence-electron chi connectivity index (χ0n) is 17.9. The van der Waals surface area contributed by atoms with Crippen LogP contribution in [0, 0.1) is 17.8 Å². The summed E-state index contributed by atoms with van der Waals surface area (Å²) in [5.41, 5.74) is -0.997. The Morgan fingerprint density at radius 3 is 2.45 bits per heavy atom. The summed E-state index contributed by atoms with van der Waals surface area (Å²) in [6.07, 6.45) is 1.49. The van der Waals surface area contributed by atoms with Crippen molar-refractivity contribution in [3.05, 3.63) is 35.5 Å². The molecule has 0 aromatic rings. The number of aliphatic hydroxyl groups excluding tert-OH is 2. The van der Waals surface area contributed by atoms with Crippen LogP contribution in [0.2, 0.25) is 0 Å². The third-order valence-corrected chi connectivity index (χ3v) is 6.14. The average Bonchev–Trinajstić information content (AvgIpc) is 2.66. The first kappa shape index (κ1) is 24.8. The van der Waals surface area contributed by atoms with E-state index in [0.29, 0.717) is 5.57 Å². The highest BCUT2D eigenvalue weighted by atomic mass is 16.5. The summed E-state index contributed by atoms with van der Waals surface area (Å²) in [5.74, 6) is -4.47. The van der Waals surface area contributed by atoms with Crippen LogP contribution in [-0.2, 0) is 23.9 Å². The number of hydrogen-bond acceptors (Lipinski definition) is 8. The first-order valence-electron chi connectivity index (χ1n) is 10.0. The second-order valence-electron chi connectivity index (χ2n) is 8.36. The normalized spacial score (nSPS) is 33.0. The van der Waals surface area contributed by atoms with Gasteiger partial charge in [-0.3, -0.25) is 4.79 Å². The molecule has 0 aromatic carbocycles. The highest BCUT2D eigenvalue weighted by Gasteiger charge is 2.54. The first-order valence-corrected chi connectivity index (χ1v) is 10.0. The fourth-order valence-corrected chi connectivity index (χ4v) is 4.65. The van der Waals surface area contributed by atoms with E-state index in [0.717, 1.165) is 6.08 Å². The van der Waals surface area contributed by atoms with Crippen LogP contribution in [0.3, 0.4) is 0 Å². The average molecular weight is 438 g/mol. The molecule has 9 nitrogen and oxygen atoms in total. The SMILES string of the molecule is C=C(C(=O)O)[C@@H]1[C@@H]2C=C(C)[C@@H](OC(C)=O)C[C@H]2[C@@](C)(O)C[C@@H]1OC(=O)/C(=C/CO)CO. The van der Waals surface area contributed by atoms with Crippen molar-refractivity contribution < 1.29 is 44.3 Å². The van der Waals surface area contributed by atoms with E-state index in [1.54, 1.807) is 19.9 Å². The minimum Gasteiger partial charge on any atom is -0.478 e. The Morgan fingerprint density at radius 1 is 1.29 bits per heavy atom. The van der Waals surface area contributed by atoms with Gasteiger partial charge in [-0.25, -0.2) is 9.59 Å². The van der Waals surface area contributed by atoms with Crippen molar-refractivity contribution >= 4 is 17.9 Å². The maximum absolute atomic E-state index is 12.5. The number of aliphatic carboxylic acids is 1. The monoisotopic (exact) mass is 438 g/mol. The molecule has 0 unspecified atom stereocenters. The number of hydrogen-bond donors (Lipinski definition) is 4. The minimum absolute atomic E-state index is 0.0750. The van der Waals surface area contributed by atoms with Gasteiger partial charge >= 0.3 is 17.9 Å². The van der Waals surface area contributed by atoms with E-state index in [1.807, 2.05) is 0 Å². The maximum atomic E-state index is 12.5. The third-order valence-electron chi connectivity index (χ3n) is 6.14. The first-order chi connectivity index (χ1) is 14.4. The number of carboxylic acids is 1. The van der Waals surface area contributed by atoms with E-state index in [9.17, 15) is 29.7 Å². The molecule has 9 heteroatoms. The molecule has 0 saturated heterocycles. The van der Waals surface area contributed by atoms with E-state index in [-0.39, 0.29) is 24.0 Å². The predicted octanol–water partition coefficient (Wildman–Crippen LogP) is 0.735. The fourth-order valence-electron chi connectivity index (χ4n) is 4.65. The van der Waals surface area contributed by atoms with E-state index in [4.69, 9.17) is 14.6 Å². The molecule has 1 saturated carbocycles. The van der Waals surface area contributed by atoms with Crippen molar-refractivity contribution in [1.82, 2.24) is 0 Å². The lowest BCUT2D eigenvalue weighted by Gasteiger charge is -2.52. The maximum Gasteiger partial charge on any atom is 0.336 e. The zero-order valence-corrected chi connectivity index (χ0v) is 17.9. The summed E-state index contributed by atoms with van der Waals surface area (Å²) in [6.45, 7) is 7.15. The van der Waals surface area contributed by atoms with Gasteiger partial charge in [0, 0.05) is 24.8 Å². The van der Waals surface area contributed by atoms with Crippen LogP contribution < -0.4 is 0 Å².